The van der Waals surface area contributed by atoms with E-state index in [0.717, 1.165) is 12.1 Å². The van der Waals surface area contributed by atoms with Crippen molar-refractivity contribution in [3.63, 3.8) is 0 Å². The van der Waals surface area contributed by atoms with E-state index in [0.29, 0.717) is 13.2 Å². The van der Waals surface area contributed by atoms with Gasteiger partial charge in [0, 0.05) is 39.0 Å². The van der Waals surface area contributed by atoms with Crippen LogP contribution in [-0.4, -0.2) is 53.2 Å². The summed E-state index contributed by atoms with van der Waals surface area (Å²) >= 11 is 0. The van der Waals surface area contributed by atoms with Crippen molar-refractivity contribution in [3.8, 4) is 0 Å². The number of methoxy groups -OCH3 is 1. The second-order valence-electron chi connectivity index (χ2n) is 3.83. The van der Waals surface area contributed by atoms with Crippen molar-refractivity contribution in [1.29, 1.82) is 0 Å². The van der Waals surface area contributed by atoms with Crippen molar-refractivity contribution in [2.75, 3.05) is 27.3 Å². The Labute approximate surface area is 90.3 Å². The zero-order valence-electron chi connectivity index (χ0n) is 9.55. The van der Waals surface area contributed by atoms with Crippen LogP contribution in [0.2, 0.25) is 0 Å². The third-order valence-corrected chi connectivity index (χ3v) is 2.09. The van der Waals surface area contributed by atoms with Crippen molar-refractivity contribution < 1.29 is 9.84 Å². The van der Waals surface area contributed by atoms with Crippen LogP contribution in [0.5, 0.6) is 0 Å². The largest absolute Gasteiger partial charge is 0.389 e. The molecule has 0 radical (unpaired) electrons. The Kier molecular flexibility index (Phi) is 4.74. The molecule has 1 N–H and O–H groups in total. The van der Waals surface area contributed by atoms with Gasteiger partial charge < -0.3 is 9.84 Å². The Bertz CT molecular complexity index is 288. The van der Waals surface area contributed by atoms with Gasteiger partial charge in [0.15, 0.2) is 0 Å². The first kappa shape index (κ1) is 12.2. The van der Waals surface area contributed by atoms with E-state index in [2.05, 4.69) is 5.10 Å². The highest BCUT2D eigenvalue weighted by molar-refractivity contribution is 5.02. The Morgan fingerprint density at radius 3 is 2.93 bits per heavy atom. The molecule has 1 aromatic heterocycles. The first-order valence-corrected chi connectivity index (χ1v) is 4.95. The van der Waals surface area contributed by atoms with E-state index in [1.165, 1.54) is 0 Å². The third-order valence-electron chi connectivity index (χ3n) is 2.09. The molecule has 0 aliphatic heterocycles. The maximum Gasteiger partial charge on any atom is 0.0900 e. The number of aliphatic hydroxyl groups is 1. The van der Waals surface area contributed by atoms with E-state index in [9.17, 15) is 5.11 Å². The fraction of sp³-hybridized carbons (Fsp3) is 0.700. The number of hydrogen-bond donors (Lipinski definition) is 1. The second kappa shape index (κ2) is 5.85. The molecule has 1 unspecified atom stereocenters. The number of rotatable bonds is 6. The van der Waals surface area contributed by atoms with E-state index in [1.54, 1.807) is 11.8 Å². The lowest BCUT2D eigenvalue weighted by Crippen LogP contribution is -2.31. The summed E-state index contributed by atoms with van der Waals surface area (Å²) in [5.41, 5.74) is 1.14. The fourth-order valence-electron chi connectivity index (χ4n) is 1.53. The van der Waals surface area contributed by atoms with Gasteiger partial charge in [-0.25, -0.2) is 0 Å². The topological polar surface area (TPSA) is 50.5 Å². The standard InChI is InChI=1S/C10H19N3O2/c1-12(7-10(14)8-15-3)5-9-4-11-13(2)6-9/h4,6,10,14H,5,7-8H2,1-3H3. The van der Waals surface area contributed by atoms with Crippen LogP contribution in [-0.2, 0) is 18.3 Å². The highest BCUT2D eigenvalue weighted by Gasteiger charge is 2.08. The van der Waals surface area contributed by atoms with Gasteiger partial charge in [0.05, 0.1) is 18.9 Å². The molecule has 0 spiro atoms. The minimum atomic E-state index is -0.434. The van der Waals surface area contributed by atoms with Gasteiger partial charge in [0.25, 0.3) is 0 Å². The summed E-state index contributed by atoms with van der Waals surface area (Å²) in [5.74, 6) is 0. The molecule has 0 amide bonds. The predicted octanol–water partition coefficient (Wildman–Crippen LogP) is -0.141. The van der Waals surface area contributed by atoms with Gasteiger partial charge in [0.2, 0.25) is 0 Å². The smallest absolute Gasteiger partial charge is 0.0900 e. The van der Waals surface area contributed by atoms with Gasteiger partial charge in [-0.1, -0.05) is 0 Å². The summed E-state index contributed by atoms with van der Waals surface area (Å²) in [4.78, 5) is 2.04. The average Bonchev–Trinajstić information content (AvgIpc) is 2.51. The summed E-state index contributed by atoms with van der Waals surface area (Å²) in [7, 11) is 5.44. The lowest BCUT2D eigenvalue weighted by molar-refractivity contribution is 0.0419. The van der Waals surface area contributed by atoms with E-state index in [4.69, 9.17) is 4.74 Å². The Balaban J connectivity index is 2.32. The maximum absolute atomic E-state index is 9.52. The monoisotopic (exact) mass is 213 g/mol. The third kappa shape index (κ3) is 4.42. The molecular formula is C10H19N3O2. The Hall–Kier alpha value is -0.910. The first-order valence-electron chi connectivity index (χ1n) is 4.95. The summed E-state index contributed by atoms with van der Waals surface area (Å²) in [5, 5.41) is 13.6. The molecule has 1 aromatic rings. The van der Waals surface area contributed by atoms with Gasteiger partial charge in [0.1, 0.15) is 0 Å². The van der Waals surface area contributed by atoms with E-state index in [-0.39, 0.29) is 0 Å². The minimum Gasteiger partial charge on any atom is -0.389 e. The number of aryl methyl sites for hydroxylation is 1. The van der Waals surface area contributed by atoms with Crippen LogP contribution in [0.15, 0.2) is 12.4 Å². The number of ether oxygens (including phenoxy) is 1. The van der Waals surface area contributed by atoms with Crippen LogP contribution >= 0.6 is 0 Å². The molecule has 5 heteroatoms. The molecule has 0 saturated heterocycles. The van der Waals surface area contributed by atoms with Crippen molar-refractivity contribution >= 4 is 0 Å². The van der Waals surface area contributed by atoms with Gasteiger partial charge in [-0.3, -0.25) is 9.58 Å². The minimum absolute atomic E-state index is 0.372. The normalized spacial score (nSPS) is 13.4. The van der Waals surface area contributed by atoms with Gasteiger partial charge in [-0.05, 0) is 7.05 Å². The molecule has 86 valence electrons. The fourth-order valence-corrected chi connectivity index (χ4v) is 1.53. The number of hydrogen-bond acceptors (Lipinski definition) is 4. The van der Waals surface area contributed by atoms with Gasteiger partial charge in [-0.2, -0.15) is 5.10 Å². The molecule has 15 heavy (non-hydrogen) atoms. The highest BCUT2D eigenvalue weighted by Crippen LogP contribution is 2.01. The Morgan fingerprint density at radius 2 is 2.40 bits per heavy atom. The van der Waals surface area contributed by atoms with E-state index < -0.39 is 6.10 Å². The molecule has 1 heterocycles. The molecule has 0 bridgehead atoms. The van der Waals surface area contributed by atoms with Crippen LogP contribution in [0.3, 0.4) is 0 Å². The molecule has 0 aliphatic rings. The van der Waals surface area contributed by atoms with Crippen LogP contribution in [0.1, 0.15) is 5.56 Å². The molecular weight excluding hydrogens is 194 g/mol. The molecule has 1 rings (SSSR count). The van der Waals surface area contributed by atoms with Gasteiger partial charge >= 0.3 is 0 Å². The van der Waals surface area contributed by atoms with Gasteiger partial charge in [-0.15, -0.1) is 0 Å². The molecule has 0 aliphatic carbocycles. The summed E-state index contributed by atoms with van der Waals surface area (Å²) in [6, 6.07) is 0. The van der Waals surface area contributed by atoms with Crippen molar-refractivity contribution in [3.05, 3.63) is 18.0 Å². The average molecular weight is 213 g/mol. The van der Waals surface area contributed by atoms with Crippen molar-refractivity contribution in [1.82, 2.24) is 14.7 Å². The zero-order chi connectivity index (χ0) is 11.3. The molecule has 5 nitrogen and oxygen atoms in total. The number of aromatic nitrogens is 2. The quantitative estimate of drug-likeness (QED) is 0.714. The maximum atomic E-state index is 9.52. The first-order chi connectivity index (χ1) is 7.11. The van der Waals surface area contributed by atoms with Crippen LogP contribution < -0.4 is 0 Å². The second-order valence-corrected chi connectivity index (χ2v) is 3.83. The molecule has 0 aromatic carbocycles. The summed E-state index contributed by atoms with van der Waals surface area (Å²) in [6.07, 6.45) is 3.37. The number of likely N-dealkylation sites (N-methyl/N-ethyl adjacent to an activating group) is 1. The van der Waals surface area contributed by atoms with E-state index in [1.807, 2.05) is 31.4 Å². The highest BCUT2D eigenvalue weighted by atomic mass is 16.5. The van der Waals surface area contributed by atoms with E-state index >= 15 is 0 Å². The summed E-state index contributed by atoms with van der Waals surface area (Å²) in [6.45, 7) is 1.76. The summed E-state index contributed by atoms with van der Waals surface area (Å²) < 4.78 is 6.64. The number of aliphatic hydroxyl groups excluding tert-OH is 1. The van der Waals surface area contributed by atoms with Crippen LogP contribution in [0.25, 0.3) is 0 Å². The SMILES string of the molecule is COCC(O)CN(C)Cc1cnn(C)c1. The van der Waals surface area contributed by atoms with Crippen LogP contribution in [0, 0.1) is 0 Å². The Morgan fingerprint density at radius 1 is 1.67 bits per heavy atom. The molecule has 0 fully saturated rings. The number of nitrogens with zero attached hydrogens (tertiary/aromatic N) is 3. The molecule has 1 atom stereocenters. The zero-order valence-corrected chi connectivity index (χ0v) is 9.55. The lowest BCUT2D eigenvalue weighted by Gasteiger charge is -2.19. The van der Waals surface area contributed by atoms with Crippen molar-refractivity contribution in [2.24, 2.45) is 7.05 Å². The van der Waals surface area contributed by atoms with Crippen molar-refractivity contribution in [2.45, 2.75) is 12.6 Å². The molecule has 0 saturated carbocycles. The lowest BCUT2D eigenvalue weighted by atomic mass is 10.3. The van der Waals surface area contributed by atoms with Crippen LogP contribution in [0.4, 0.5) is 0 Å². The predicted molar refractivity (Wildman–Crippen MR) is 57.4 cm³/mol.